The van der Waals surface area contributed by atoms with Crippen LogP contribution in [0.3, 0.4) is 0 Å². The molecular weight excluding hydrogens is 471 g/mol. The number of pyridine rings is 1. The number of aromatic nitrogens is 1. The number of nitrogens with one attached hydrogen (secondary N) is 1. The summed E-state index contributed by atoms with van der Waals surface area (Å²) in [5.74, 6) is -1.51. The number of halogens is 4. The molecule has 0 aliphatic carbocycles. The van der Waals surface area contributed by atoms with E-state index in [0.29, 0.717) is 11.3 Å². The Morgan fingerprint density at radius 1 is 1.06 bits per heavy atom. The topological polar surface area (TPSA) is 55.6 Å². The molecule has 9 heteroatoms. The van der Waals surface area contributed by atoms with Gasteiger partial charge in [-0.1, -0.05) is 34.4 Å². The van der Waals surface area contributed by atoms with E-state index in [1.807, 2.05) is 0 Å². The first-order chi connectivity index (χ1) is 15.9. The zero-order valence-corrected chi connectivity index (χ0v) is 19.0. The van der Waals surface area contributed by atoms with E-state index in [4.69, 9.17) is 28.0 Å². The second kappa shape index (κ2) is 10.5. The lowest BCUT2D eigenvalue weighted by atomic mass is 10.0. The lowest BCUT2D eigenvalue weighted by Gasteiger charge is -2.16. The predicted octanol–water partition coefficient (Wildman–Crippen LogP) is 5.33. The monoisotopic (exact) mass is 491 g/mol. The molecule has 1 aliphatic heterocycles. The van der Waals surface area contributed by atoms with E-state index >= 15 is 0 Å². The van der Waals surface area contributed by atoms with Crippen molar-refractivity contribution in [1.82, 2.24) is 9.88 Å². The third-order valence-electron chi connectivity index (χ3n) is 5.37. The molecule has 1 atom stereocenters. The van der Waals surface area contributed by atoms with E-state index in [2.05, 4.69) is 10.5 Å². The molecule has 1 fully saturated rings. The highest BCUT2D eigenvalue weighted by atomic mass is 35.5. The summed E-state index contributed by atoms with van der Waals surface area (Å²) in [6.07, 6.45) is 3.79. The van der Waals surface area contributed by atoms with Crippen LogP contribution in [-0.2, 0) is 4.84 Å². The molecule has 5 nitrogen and oxygen atoms in total. The van der Waals surface area contributed by atoms with Gasteiger partial charge in [-0.05, 0) is 62.7 Å². The molecule has 1 N–H and O–H groups in total. The van der Waals surface area contributed by atoms with Gasteiger partial charge in [0.25, 0.3) is 5.56 Å². The molecule has 2 aromatic carbocycles. The summed E-state index contributed by atoms with van der Waals surface area (Å²) in [5.41, 5.74) is 0.453. The molecule has 1 saturated heterocycles. The number of rotatable bonds is 5. The van der Waals surface area contributed by atoms with E-state index in [9.17, 15) is 13.6 Å². The Hall–Kier alpha value is -2.74. The summed E-state index contributed by atoms with van der Waals surface area (Å²) in [6, 6.07) is 10.9. The summed E-state index contributed by atoms with van der Waals surface area (Å²) in [6.45, 7) is 1.68. The van der Waals surface area contributed by atoms with Crippen LogP contribution in [0.5, 0.6) is 0 Å². The van der Waals surface area contributed by atoms with Gasteiger partial charge in [0.2, 0.25) is 0 Å². The molecule has 1 aliphatic rings. The average molecular weight is 492 g/mol. The van der Waals surface area contributed by atoms with Crippen molar-refractivity contribution in [2.75, 3.05) is 13.1 Å². The van der Waals surface area contributed by atoms with Crippen LogP contribution in [0.1, 0.15) is 30.4 Å². The van der Waals surface area contributed by atoms with Gasteiger partial charge < -0.3 is 10.2 Å². The summed E-state index contributed by atoms with van der Waals surface area (Å²) in [5, 5.41) is 8.11. The van der Waals surface area contributed by atoms with Crippen LogP contribution in [0.15, 0.2) is 64.7 Å². The standard InChI is InChI=1S/C24H21Cl2F2N3O2/c25-19-4-1-5-20(26)24(19)31-14-15(6-9-22(31)32)23(18-8-7-16(27)13-21(18)28)30-33-17-3-2-11-29-12-10-17/h1,4-9,13-14,17,29H,2-3,10-12H2/b30-23+. The number of nitrogens with zero attached hydrogens (tertiary/aromatic N) is 2. The van der Waals surface area contributed by atoms with Crippen LogP contribution in [0.2, 0.25) is 10.0 Å². The lowest BCUT2D eigenvalue weighted by molar-refractivity contribution is 0.0510. The predicted molar refractivity (Wildman–Crippen MR) is 126 cm³/mol. The van der Waals surface area contributed by atoms with Gasteiger partial charge in [0.1, 0.15) is 23.5 Å². The zero-order valence-electron chi connectivity index (χ0n) is 17.5. The minimum atomic E-state index is -0.798. The zero-order chi connectivity index (χ0) is 23.4. The van der Waals surface area contributed by atoms with E-state index in [1.165, 1.54) is 29.0 Å². The summed E-state index contributed by atoms with van der Waals surface area (Å²) in [4.78, 5) is 18.4. The highest BCUT2D eigenvalue weighted by molar-refractivity contribution is 6.37. The molecule has 172 valence electrons. The van der Waals surface area contributed by atoms with Crippen LogP contribution >= 0.6 is 23.2 Å². The van der Waals surface area contributed by atoms with E-state index in [1.54, 1.807) is 18.2 Å². The van der Waals surface area contributed by atoms with Gasteiger partial charge in [-0.25, -0.2) is 8.78 Å². The van der Waals surface area contributed by atoms with Crippen molar-refractivity contribution in [3.8, 4) is 5.69 Å². The Morgan fingerprint density at radius 3 is 2.61 bits per heavy atom. The fraction of sp³-hybridized carbons (Fsp3) is 0.250. The first-order valence-corrected chi connectivity index (χ1v) is 11.3. The van der Waals surface area contributed by atoms with Crippen molar-refractivity contribution in [2.24, 2.45) is 5.16 Å². The van der Waals surface area contributed by atoms with E-state index in [0.717, 1.165) is 44.5 Å². The maximum absolute atomic E-state index is 14.8. The third-order valence-corrected chi connectivity index (χ3v) is 5.98. The smallest absolute Gasteiger partial charge is 0.255 e. The minimum Gasteiger partial charge on any atom is -0.392 e. The summed E-state index contributed by atoms with van der Waals surface area (Å²) >= 11 is 12.6. The minimum absolute atomic E-state index is 0.0404. The fourth-order valence-electron chi connectivity index (χ4n) is 3.68. The molecule has 0 amide bonds. The SMILES string of the molecule is O=c1ccc(/C(=N\OC2CCCNCC2)c2ccc(F)cc2F)cn1-c1c(Cl)cccc1Cl. The first-order valence-electron chi connectivity index (χ1n) is 10.5. The van der Waals surface area contributed by atoms with Crippen molar-refractivity contribution in [3.05, 3.63) is 97.9 Å². The number of hydrogen-bond donors (Lipinski definition) is 1. The molecule has 0 saturated carbocycles. The maximum atomic E-state index is 14.8. The first kappa shape index (κ1) is 23.4. The molecule has 1 unspecified atom stereocenters. The lowest BCUT2D eigenvalue weighted by Crippen LogP contribution is -2.21. The summed E-state index contributed by atoms with van der Waals surface area (Å²) in [7, 11) is 0. The normalized spacial score (nSPS) is 17.0. The molecule has 0 spiro atoms. The van der Waals surface area contributed by atoms with Gasteiger partial charge >= 0.3 is 0 Å². The molecule has 4 rings (SSSR count). The molecule has 3 aromatic rings. The highest BCUT2D eigenvalue weighted by Gasteiger charge is 2.19. The van der Waals surface area contributed by atoms with Crippen LogP contribution in [0, 0.1) is 11.6 Å². The molecule has 0 radical (unpaired) electrons. The molecule has 1 aromatic heterocycles. The van der Waals surface area contributed by atoms with Crippen molar-refractivity contribution in [2.45, 2.75) is 25.4 Å². The van der Waals surface area contributed by atoms with Crippen molar-refractivity contribution < 1.29 is 13.6 Å². The highest BCUT2D eigenvalue weighted by Crippen LogP contribution is 2.28. The van der Waals surface area contributed by atoms with Crippen LogP contribution < -0.4 is 10.9 Å². The number of benzene rings is 2. The van der Waals surface area contributed by atoms with Gasteiger partial charge in [-0.15, -0.1) is 0 Å². The van der Waals surface area contributed by atoms with Gasteiger partial charge in [-0.2, -0.15) is 0 Å². The Morgan fingerprint density at radius 2 is 1.85 bits per heavy atom. The Kier molecular flexibility index (Phi) is 7.42. The number of para-hydroxylation sites is 1. The van der Waals surface area contributed by atoms with E-state index in [-0.39, 0.29) is 33.0 Å². The number of hydrogen-bond acceptors (Lipinski definition) is 4. The average Bonchev–Trinajstić information content (AvgIpc) is 3.05. The van der Waals surface area contributed by atoms with Gasteiger partial charge in [0.05, 0.1) is 15.7 Å². The van der Waals surface area contributed by atoms with Crippen molar-refractivity contribution in [1.29, 1.82) is 0 Å². The second-order valence-corrected chi connectivity index (χ2v) is 8.48. The molecular formula is C24H21Cl2F2N3O2. The van der Waals surface area contributed by atoms with E-state index < -0.39 is 11.6 Å². The molecule has 0 bridgehead atoms. The second-order valence-electron chi connectivity index (χ2n) is 7.67. The fourth-order valence-corrected chi connectivity index (χ4v) is 4.26. The Balaban J connectivity index is 1.82. The molecule has 33 heavy (non-hydrogen) atoms. The Labute approximate surface area is 199 Å². The van der Waals surface area contributed by atoms with Crippen LogP contribution in [0.25, 0.3) is 5.69 Å². The van der Waals surface area contributed by atoms with Crippen LogP contribution in [0.4, 0.5) is 8.78 Å². The third kappa shape index (κ3) is 5.43. The van der Waals surface area contributed by atoms with Crippen LogP contribution in [-0.4, -0.2) is 29.5 Å². The largest absolute Gasteiger partial charge is 0.392 e. The Bertz CT molecular complexity index is 1220. The number of oxime groups is 1. The van der Waals surface area contributed by atoms with Crippen molar-refractivity contribution in [3.63, 3.8) is 0 Å². The van der Waals surface area contributed by atoms with Gasteiger partial charge in [0.15, 0.2) is 0 Å². The molecule has 2 heterocycles. The summed E-state index contributed by atoms with van der Waals surface area (Å²) < 4.78 is 29.6. The van der Waals surface area contributed by atoms with Gasteiger partial charge in [0, 0.05) is 29.5 Å². The maximum Gasteiger partial charge on any atom is 0.255 e. The van der Waals surface area contributed by atoms with Crippen molar-refractivity contribution >= 4 is 28.9 Å². The van der Waals surface area contributed by atoms with Gasteiger partial charge in [-0.3, -0.25) is 9.36 Å². The quantitative estimate of drug-likeness (QED) is 0.387.